The third-order valence-corrected chi connectivity index (χ3v) is 3.75. The number of anilines is 2. The van der Waals surface area contributed by atoms with E-state index in [1.807, 2.05) is 6.07 Å². The molecular formula is C15H18N4. The highest BCUT2D eigenvalue weighted by Crippen LogP contribution is 2.29. The largest absolute Gasteiger partial charge is 0.368 e. The number of benzene rings is 1. The summed E-state index contributed by atoms with van der Waals surface area (Å²) in [5.41, 5.74) is 7.08. The Morgan fingerprint density at radius 1 is 1.05 bits per heavy atom. The fourth-order valence-electron chi connectivity index (χ4n) is 2.71. The summed E-state index contributed by atoms with van der Waals surface area (Å²) in [6, 6.07) is 12.7. The van der Waals surface area contributed by atoms with Crippen LogP contribution in [0.5, 0.6) is 0 Å². The summed E-state index contributed by atoms with van der Waals surface area (Å²) in [4.78, 5) is 10.5. The van der Waals surface area contributed by atoms with Gasteiger partial charge < -0.3 is 10.6 Å². The van der Waals surface area contributed by atoms with Gasteiger partial charge in [0.05, 0.1) is 0 Å². The van der Waals surface area contributed by atoms with E-state index in [0.717, 1.165) is 31.7 Å². The van der Waals surface area contributed by atoms with Gasteiger partial charge in [-0.25, -0.2) is 4.98 Å². The monoisotopic (exact) mass is 254 g/mol. The standard InChI is InChI=1S/C15H18N4/c16-15-17-9-6-14(18-15)19-10-7-13(8-11-19)12-4-2-1-3-5-12/h1-6,9,13H,7-8,10-11H2,(H2,16,17,18). The Morgan fingerprint density at radius 2 is 1.79 bits per heavy atom. The molecule has 3 rings (SSSR count). The van der Waals surface area contributed by atoms with Crippen molar-refractivity contribution in [3.05, 3.63) is 48.2 Å². The van der Waals surface area contributed by atoms with Gasteiger partial charge in [-0.1, -0.05) is 30.3 Å². The summed E-state index contributed by atoms with van der Waals surface area (Å²) >= 11 is 0. The van der Waals surface area contributed by atoms with Gasteiger partial charge in [0.1, 0.15) is 5.82 Å². The first kappa shape index (κ1) is 12.0. The van der Waals surface area contributed by atoms with E-state index in [1.54, 1.807) is 6.20 Å². The topological polar surface area (TPSA) is 55.0 Å². The molecule has 4 nitrogen and oxygen atoms in total. The molecule has 1 aromatic carbocycles. The van der Waals surface area contributed by atoms with E-state index in [4.69, 9.17) is 5.73 Å². The van der Waals surface area contributed by atoms with Crippen molar-refractivity contribution in [2.24, 2.45) is 0 Å². The minimum absolute atomic E-state index is 0.350. The van der Waals surface area contributed by atoms with Crippen molar-refractivity contribution in [3.63, 3.8) is 0 Å². The lowest BCUT2D eigenvalue weighted by molar-refractivity contribution is 0.502. The van der Waals surface area contributed by atoms with Crippen LogP contribution in [0.2, 0.25) is 0 Å². The maximum Gasteiger partial charge on any atom is 0.221 e. The first-order chi connectivity index (χ1) is 9.33. The maximum absolute atomic E-state index is 5.63. The van der Waals surface area contributed by atoms with Crippen molar-refractivity contribution in [2.75, 3.05) is 23.7 Å². The van der Waals surface area contributed by atoms with Gasteiger partial charge in [0, 0.05) is 19.3 Å². The van der Waals surface area contributed by atoms with Crippen molar-refractivity contribution in [3.8, 4) is 0 Å². The van der Waals surface area contributed by atoms with Crippen LogP contribution < -0.4 is 10.6 Å². The molecule has 0 aliphatic carbocycles. The SMILES string of the molecule is Nc1nccc(N2CCC(c3ccccc3)CC2)n1. The molecule has 1 aromatic heterocycles. The molecular weight excluding hydrogens is 236 g/mol. The molecule has 2 aromatic rings. The maximum atomic E-state index is 5.63. The Morgan fingerprint density at radius 3 is 2.47 bits per heavy atom. The number of nitrogens with two attached hydrogens (primary N) is 1. The molecule has 1 saturated heterocycles. The van der Waals surface area contributed by atoms with Gasteiger partial charge in [-0.15, -0.1) is 0 Å². The van der Waals surface area contributed by atoms with Crippen LogP contribution in [0.25, 0.3) is 0 Å². The van der Waals surface area contributed by atoms with E-state index < -0.39 is 0 Å². The van der Waals surface area contributed by atoms with Gasteiger partial charge in [0.2, 0.25) is 5.95 Å². The van der Waals surface area contributed by atoms with Crippen LogP contribution in [0.4, 0.5) is 11.8 Å². The highest BCUT2D eigenvalue weighted by atomic mass is 15.2. The molecule has 0 atom stereocenters. The average molecular weight is 254 g/mol. The van der Waals surface area contributed by atoms with E-state index in [2.05, 4.69) is 45.2 Å². The molecule has 1 aliphatic rings. The molecule has 0 unspecified atom stereocenters. The van der Waals surface area contributed by atoms with Crippen LogP contribution in [0, 0.1) is 0 Å². The second-order valence-corrected chi connectivity index (χ2v) is 4.95. The second kappa shape index (κ2) is 5.26. The van der Waals surface area contributed by atoms with Gasteiger partial charge in [-0.2, -0.15) is 4.98 Å². The van der Waals surface area contributed by atoms with Gasteiger partial charge in [-0.05, 0) is 30.4 Å². The van der Waals surface area contributed by atoms with Crippen LogP contribution in [0.1, 0.15) is 24.3 Å². The molecule has 0 bridgehead atoms. The molecule has 2 heterocycles. The van der Waals surface area contributed by atoms with E-state index in [-0.39, 0.29) is 0 Å². The quantitative estimate of drug-likeness (QED) is 0.894. The zero-order valence-corrected chi connectivity index (χ0v) is 10.9. The first-order valence-electron chi connectivity index (χ1n) is 6.71. The number of piperidine rings is 1. The fraction of sp³-hybridized carbons (Fsp3) is 0.333. The Bertz CT molecular complexity index is 533. The van der Waals surface area contributed by atoms with E-state index in [9.17, 15) is 0 Å². The second-order valence-electron chi connectivity index (χ2n) is 4.95. The van der Waals surface area contributed by atoms with Crippen LogP contribution in [-0.2, 0) is 0 Å². The van der Waals surface area contributed by atoms with Gasteiger partial charge in [0.25, 0.3) is 0 Å². The van der Waals surface area contributed by atoms with Crippen molar-refractivity contribution in [1.82, 2.24) is 9.97 Å². The Balaban J connectivity index is 1.67. The van der Waals surface area contributed by atoms with Crippen molar-refractivity contribution in [1.29, 1.82) is 0 Å². The lowest BCUT2D eigenvalue weighted by Crippen LogP contribution is -2.33. The summed E-state index contributed by atoms with van der Waals surface area (Å²) in [6.45, 7) is 2.05. The fourth-order valence-corrected chi connectivity index (χ4v) is 2.71. The highest BCUT2D eigenvalue weighted by Gasteiger charge is 2.21. The lowest BCUT2D eigenvalue weighted by Gasteiger charge is -2.33. The average Bonchev–Trinajstić information content (AvgIpc) is 2.48. The third kappa shape index (κ3) is 2.67. The predicted molar refractivity (Wildman–Crippen MR) is 77.1 cm³/mol. The first-order valence-corrected chi connectivity index (χ1v) is 6.71. The molecule has 0 amide bonds. The number of aromatic nitrogens is 2. The Hall–Kier alpha value is -2.10. The van der Waals surface area contributed by atoms with Crippen LogP contribution in [0.15, 0.2) is 42.6 Å². The molecule has 1 fully saturated rings. The number of hydrogen-bond donors (Lipinski definition) is 1. The van der Waals surface area contributed by atoms with Crippen molar-refractivity contribution < 1.29 is 0 Å². The molecule has 19 heavy (non-hydrogen) atoms. The third-order valence-electron chi connectivity index (χ3n) is 3.75. The van der Waals surface area contributed by atoms with E-state index in [1.165, 1.54) is 5.56 Å². The normalized spacial score (nSPS) is 16.5. The smallest absolute Gasteiger partial charge is 0.221 e. The van der Waals surface area contributed by atoms with Gasteiger partial charge >= 0.3 is 0 Å². The molecule has 4 heteroatoms. The summed E-state index contributed by atoms with van der Waals surface area (Å²) < 4.78 is 0. The molecule has 0 saturated carbocycles. The zero-order valence-electron chi connectivity index (χ0n) is 10.9. The van der Waals surface area contributed by atoms with Crippen LogP contribution >= 0.6 is 0 Å². The van der Waals surface area contributed by atoms with Crippen LogP contribution in [0.3, 0.4) is 0 Å². The molecule has 2 N–H and O–H groups in total. The minimum Gasteiger partial charge on any atom is -0.368 e. The number of rotatable bonds is 2. The van der Waals surface area contributed by atoms with Gasteiger partial charge in [-0.3, -0.25) is 0 Å². The minimum atomic E-state index is 0.350. The predicted octanol–water partition coefficient (Wildman–Crippen LogP) is 2.44. The highest BCUT2D eigenvalue weighted by molar-refractivity contribution is 5.41. The molecule has 0 radical (unpaired) electrons. The summed E-state index contributed by atoms with van der Waals surface area (Å²) in [5.74, 6) is 1.96. The Kier molecular flexibility index (Phi) is 3.31. The summed E-state index contributed by atoms with van der Waals surface area (Å²) in [5, 5.41) is 0. The summed E-state index contributed by atoms with van der Waals surface area (Å²) in [6.07, 6.45) is 4.04. The molecule has 0 spiro atoms. The summed E-state index contributed by atoms with van der Waals surface area (Å²) in [7, 11) is 0. The zero-order chi connectivity index (χ0) is 13.1. The van der Waals surface area contributed by atoms with Crippen molar-refractivity contribution >= 4 is 11.8 Å². The number of nitrogen functional groups attached to an aromatic ring is 1. The van der Waals surface area contributed by atoms with Crippen LogP contribution in [-0.4, -0.2) is 23.1 Å². The van der Waals surface area contributed by atoms with E-state index >= 15 is 0 Å². The molecule has 1 aliphatic heterocycles. The number of hydrogen-bond acceptors (Lipinski definition) is 4. The van der Waals surface area contributed by atoms with Crippen molar-refractivity contribution in [2.45, 2.75) is 18.8 Å². The molecule has 98 valence electrons. The van der Waals surface area contributed by atoms with Gasteiger partial charge in [0.15, 0.2) is 0 Å². The van der Waals surface area contributed by atoms with E-state index in [0.29, 0.717) is 11.9 Å². The lowest BCUT2D eigenvalue weighted by atomic mass is 9.89. The Labute approximate surface area is 113 Å². The number of nitrogens with zero attached hydrogens (tertiary/aromatic N) is 3.